The fourth-order valence-corrected chi connectivity index (χ4v) is 1.81. The van der Waals surface area contributed by atoms with Crippen LogP contribution in [0.25, 0.3) is 11.5 Å². The number of carboxylic acids is 1. The van der Waals surface area contributed by atoms with Crippen LogP contribution in [-0.2, 0) is 11.8 Å². The number of hydrogen-bond acceptors (Lipinski definition) is 5. The van der Waals surface area contributed by atoms with Crippen molar-refractivity contribution in [3.63, 3.8) is 0 Å². The number of tetrazole rings is 1. The molecule has 0 bridgehead atoms. The molecule has 2 aromatic rings. The molecule has 1 atom stereocenters. The van der Waals surface area contributed by atoms with Gasteiger partial charge in [0.15, 0.2) is 0 Å². The molecule has 2 aromatic heterocycles. The highest BCUT2D eigenvalue weighted by molar-refractivity contribution is 5.67. The van der Waals surface area contributed by atoms with Crippen molar-refractivity contribution in [3.05, 3.63) is 12.3 Å². The number of aryl methyl sites for hydroxylation is 1. The molecule has 0 aliphatic carbocycles. The Kier molecular flexibility index (Phi) is 3.35. The van der Waals surface area contributed by atoms with Gasteiger partial charge in [-0.05, 0) is 22.9 Å². The fourth-order valence-electron chi connectivity index (χ4n) is 1.81. The van der Waals surface area contributed by atoms with E-state index in [2.05, 4.69) is 20.6 Å². The fraction of sp³-hybridized carbons (Fsp3) is 0.500. The Labute approximate surface area is 103 Å². The molecule has 2 heterocycles. The third kappa shape index (κ3) is 2.22. The maximum Gasteiger partial charge on any atom is 0.305 e. The second-order valence-electron chi connectivity index (χ2n) is 3.95. The number of carboxylic acid groups (broad SMARTS) is 1. The summed E-state index contributed by atoms with van der Waals surface area (Å²) in [5, 5.41) is 24.4. The lowest BCUT2D eigenvalue weighted by molar-refractivity contribution is -0.138. The van der Waals surface area contributed by atoms with Crippen LogP contribution in [0.15, 0.2) is 12.3 Å². The van der Waals surface area contributed by atoms with Crippen molar-refractivity contribution in [1.29, 1.82) is 0 Å². The molecule has 0 saturated carbocycles. The molecule has 0 spiro atoms. The average molecular weight is 250 g/mol. The zero-order valence-electron chi connectivity index (χ0n) is 10.2. The van der Waals surface area contributed by atoms with Gasteiger partial charge in [-0.1, -0.05) is 6.92 Å². The second kappa shape index (κ2) is 4.94. The highest BCUT2D eigenvalue weighted by atomic mass is 16.4. The molecular weight excluding hydrogens is 236 g/mol. The first-order chi connectivity index (χ1) is 8.63. The van der Waals surface area contributed by atoms with Crippen molar-refractivity contribution in [2.45, 2.75) is 25.8 Å². The molecule has 0 aliphatic rings. The van der Waals surface area contributed by atoms with Gasteiger partial charge in [0.1, 0.15) is 5.69 Å². The summed E-state index contributed by atoms with van der Waals surface area (Å²) >= 11 is 0. The lowest BCUT2D eigenvalue weighted by Crippen LogP contribution is -2.16. The summed E-state index contributed by atoms with van der Waals surface area (Å²) in [5.74, 6) is -0.337. The van der Waals surface area contributed by atoms with Crippen LogP contribution in [0.3, 0.4) is 0 Å². The molecular formula is C10H14N6O2. The molecule has 1 N–H and O–H groups in total. The normalized spacial score (nSPS) is 12.6. The highest BCUT2D eigenvalue weighted by Gasteiger charge is 2.21. The monoisotopic (exact) mass is 250 g/mol. The Bertz CT molecular complexity index is 546. The van der Waals surface area contributed by atoms with E-state index in [1.165, 1.54) is 0 Å². The minimum atomic E-state index is -0.867. The van der Waals surface area contributed by atoms with Crippen LogP contribution in [0, 0.1) is 0 Å². The van der Waals surface area contributed by atoms with Gasteiger partial charge in [-0.25, -0.2) is 4.68 Å². The van der Waals surface area contributed by atoms with E-state index in [0.29, 0.717) is 12.2 Å². The smallest absolute Gasteiger partial charge is 0.305 e. The van der Waals surface area contributed by atoms with Crippen LogP contribution in [0.2, 0.25) is 0 Å². The van der Waals surface area contributed by atoms with Crippen LogP contribution < -0.4 is 0 Å². The van der Waals surface area contributed by atoms with E-state index in [1.54, 1.807) is 28.7 Å². The number of hydrogen-bond donors (Lipinski definition) is 1. The summed E-state index contributed by atoms with van der Waals surface area (Å²) < 4.78 is 3.20. The lowest BCUT2D eigenvalue weighted by atomic mass is 10.1. The summed E-state index contributed by atoms with van der Waals surface area (Å²) in [7, 11) is 1.78. The van der Waals surface area contributed by atoms with Crippen LogP contribution in [-0.4, -0.2) is 41.1 Å². The quantitative estimate of drug-likeness (QED) is 0.829. The minimum Gasteiger partial charge on any atom is -0.481 e. The van der Waals surface area contributed by atoms with Gasteiger partial charge >= 0.3 is 5.97 Å². The Balaban J connectivity index is 2.38. The zero-order chi connectivity index (χ0) is 13.1. The van der Waals surface area contributed by atoms with Crippen molar-refractivity contribution in [2.24, 2.45) is 7.05 Å². The molecule has 0 aromatic carbocycles. The molecule has 8 heteroatoms. The number of aliphatic carboxylic acids is 1. The van der Waals surface area contributed by atoms with E-state index in [0.717, 1.165) is 5.69 Å². The van der Waals surface area contributed by atoms with Crippen molar-refractivity contribution in [3.8, 4) is 11.5 Å². The maximum absolute atomic E-state index is 10.8. The van der Waals surface area contributed by atoms with Gasteiger partial charge in [0.2, 0.25) is 5.82 Å². The molecule has 0 fully saturated rings. The average Bonchev–Trinajstić information content (AvgIpc) is 2.93. The van der Waals surface area contributed by atoms with Crippen molar-refractivity contribution < 1.29 is 9.90 Å². The van der Waals surface area contributed by atoms with Gasteiger partial charge in [-0.3, -0.25) is 9.48 Å². The van der Waals surface area contributed by atoms with Crippen LogP contribution in [0.4, 0.5) is 0 Å². The molecule has 0 saturated heterocycles. The molecule has 8 nitrogen and oxygen atoms in total. The number of aromatic nitrogens is 6. The predicted octanol–water partition coefficient (Wildman–Crippen LogP) is 0.499. The van der Waals surface area contributed by atoms with E-state index < -0.39 is 5.97 Å². The van der Waals surface area contributed by atoms with Gasteiger partial charge in [0.25, 0.3) is 0 Å². The first-order valence-electron chi connectivity index (χ1n) is 5.61. The molecule has 2 rings (SSSR count). The molecule has 0 aliphatic heterocycles. The predicted molar refractivity (Wildman–Crippen MR) is 61.6 cm³/mol. The Morgan fingerprint density at radius 1 is 1.56 bits per heavy atom. The van der Waals surface area contributed by atoms with Crippen LogP contribution >= 0.6 is 0 Å². The molecule has 18 heavy (non-hydrogen) atoms. The van der Waals surface area contributed by atoms with E-state index in [-0.39, 0.29) is 12.5 Å². The standard InChI is InChI=1S/C10H14N6O2/c1-3-7(6-9(17)18)16-10(12-13-14-16)8-4-5-11-15(8)2/h4-5,7H,3,6H2,1-2H3,(H,17,18). The summed E-state index contributed by atoms with van der Waals surface area (Å²) in [6.45, 7) is 1.91. The summed E-state index contributed by atoms with van der Waals surface area (Å²) in [5.41, 5.74) is 0.754. The van der Waals surface area contributed by atoms with Crippen LogP contribution in [0.1, 0.15) is 25.8 Å². The summed E-state index contributed by atoms with van der Waals surface area (Å²) in [6.07, 6.45) is 2.28. The first kappa shape index (κ1) is 12.2. The number of carbonyl (C=O) groups is 1. The molecule has 0 radical (unpaired) electrons. The van der Waals surface area contributed by atoms with E-state index >= 15 is 0 Å². The zero-order valence-corrected chi connectivity index (χ0v) is 10.2. The SMILES string of the molecule is CCC(CC(=O)O)n1nnnc1-c1ccnn1C. The molecule has 1 unspecified atom stereocenters. The van der Waals surface area contributed by atoms with Crippen molar-refractivity contribution in [2.75, 3.05) is 0 Å². The van der Waals surface area contributed by atoms with Gasteiger partial charge in [-0.2, -0.15) is 5.10 Å². The van der Waals surface area contributed by atoms with E-state index in [4.69, 9.17) is 5.11 Å². The minimum absolute atomic E-state index is 0.00755. The molecule has 0 amide bonds. The Morgan fingerprint density at radius 2 is 2.33 bits per heavy atom. The molecule has 96 valence electrons. The van der Waals surface area contributed by atoms with E-state index in [9.17, 15) is 4.79 Å². The number of nitrogens with zero attached hydrogens (tertiary/aromatic N) is 6. The van der Waals surface area contributed by atoms with Gasteiger partial charge in [0, 0.05) is 13.2 Å². The second-order valence-corrected chi connectivity index (χ2v) is 3.95. The summed E-state index contributed by atoms with van der Waals surface area (Å²) in [6, 6.07) is 1.53. The van der Waals surface area contributed by atoms with Gasteiger partial charge in [0.05, 0.1) is 12.5 Å². The Hall–Kier alpha value is -2.25. The number of rotatable bonds is 5. The highest BCUT2D eigenvalue weighted by Crippen LogP contribution is 2.22. The third-order valence-electron chi connectivity index (χ3n) is 2.77. The summed E-state index contributed by atoms with van der Waals surface area (Å²) in [4.78, 5) is 10.8. The van der Waals surface area contributed by atoms with Gasteiger partial charge in [-0.15, -0.1) is 5.10 Å². The van der Waals surface area contributed by atoms with Crippen molar-refractivity contribution in [1.82, 2.24) is 30.0 Å². The van der Waals surface area contributed by atoms with Gasteiger partial charge < -0.3 is 5.11 Å². The van der Waals surface area contributed by atoms with Crippen molar-refractivity contribution >= 4 is 5.97 Å². The maximum atomic E-state index is 10.8. The topological polar surface area (TPSA) is 98.7 Å². The Morgan fingerprint density at radius 3 is 2.89 bits per heavy atom. The third-order valence-corrected chi connectivity index (χ3v) is 2.77. The van der Waals surface area contributed by atoms with E-state index in [1.807, 2.05) is 6.92 Å². The first-order valence-corrected chi connectivity index (χ1v) is 5.61. The largest absolute Gasteiger partial charge is 0.481 e. The van der Waals surface area contributed by atoms with Crippen LogP contribution in [0.5, 0.6) is 0 Å². The lowest BCUT2D eigenvalue weighted by Gasteiger charge is -2.14.